The van der Waals surface area contributed by atoms with Gasteiger partial charge in [-0.25, -0.2) is 0 Å². The lowest BCUT2D eigenvalue weighted by Crippen LogP contribution is -2.46. The number of rotatable bonds is 5. The van der Waals surface area contributed by atoms with Crippen LogP contribution in [0.5, 0.6) is 0 Å². The summed E-state index contributed by atoms with van der Waals surface area (Å²) in [6.45, 7) is 6.06. The predicted octanol–water partition coefficient (Wildman–Crippen LogP) is 2.40. The van der Waals surface area contributed by atoms with E-state index in [9.17, 15) is 4.79 Å². The molecule has 0 unspecified atom stereocenters. The van der Waals surface area contributed by atoms with Gasteiger partial charge in [0.05, 0.1) is 0 Å². The third-order valence-electron chi connectivity index (χ3n) is 2.51. The van der Waals surface area contributed by atoms with Crippen LogP contribution in [-0.4, -0.2) is 12.3 Å². The van der Waals surface area contributed by atoms with Gasteiger partial charge in [-0.3, -0.25) is 10.1 Å². The van der Waals surface area contributed by atoms with Crippen LogP contribution in [0.15, 0.2) is 30.3 Å². The van der Waals surface area contributed by atoms with Gasteiger partial charge in [0.15, 0.2) is 0 Å². The number of nitrogens with one attached hydrogen (secondary N) is 1. The van der Waals surface area contributed by atoms with Crippen molar-refractivity contribution in [3.8, 4) is 0 Å². The first-order valence-electron chi connectivity index (χ1n) is 5.37. The molecular weight excluding hydrogens is 186 g/mol. The molecule has 1 atom stereocenters. The topological polar surface area (TPSA) is 29.1 Å². The summed E-state index contributed by atoms with van der Waals surface area (Å²) in [5.74, 6) is 0. The lowest BCUT2D eigenvalue weighted by molar-refractivity contribution is 0.369. The normalized spacial score (nSPS) is 14.9. The molecule has 1 rings (SSSR count). The quantitative estimate of drug-likeness (QED) is 0.798. The van der Waals surface area contributed by atoms with Crippen LogP contribution in [0, 0.1) is 0 Å². The highest BCUT2D eigenvalue weighted by Crippen LogP contribution is 2.23. The van der Waals surface area contributed by atoms with Crippen molar-refractivity contribution in [1.29, 1.82) is 0 Å². The molecule has 15 heavy (non-hydrogen) atoms. The van der Waals surface area contributed by atoms with Crippen molar-refractivity contribution in [2.45, 2.75) is 38.8 Å². The molecule has 81 valence electrons. The lowest BCUT2D eigenvalue weighted by Gasteiger charge is -2.30. The molecule has 0 aliphatic carbocycles. The van der Waals surface area contributed by atoms with Gasteiger partial charge in [-0.15, -0.1) is 0 Å². The number of hydrogen-bond donors (Lipinski definition) is 1. The van der Waals surface area contributed by atoms with E-state index in [0.29, 0.717) is 6.42 Å². The molecule has 0 aliphatic rings. The third kappa shape index (κ3) is 2.66. The molecule has 0 saturated carbocycles. The molecule has 1 N–H and O–H groups in total. The summed E-state index contributed by atoms with van der Waals surface area (Å²) in [6.07, 6.45) is 2.86. The van der Waals surface area contributed by atoms with Gasteiger partial charge in [0.2, 0.25) is 6.29 Å². The Bertz CT molecular complexity index is 308. The van der Waals surface area contributed by atoms with Crippen LogP contribution in [0.25, 0.3) is 0 Å². The van der Waals surface area contributed by atoms with Crippen LogP contribution in [0.2, 0.25) is 0 Å². The van der Waals surface area contributed by atoms with E-state index in [0.717, 1.165) is 5.56 Å². The molecule has 2 heteroatoms. The van der Waals surface area contributed by atoms with Crippen LogP contribution in [0.1, 0.15) is 32.8 Å². The minimum atomic E-state index is -0.657. The van der Waals surface area contributed by atoms with Crippen LogP contribution in [0.4, 0.5) is 0 Å². The van der Waals surface area contributed by atoms with Gasteiger partial charge in [-0.05, 0) is 25.8 Å². The maximum Gasteiger partial charge on any atom is 0.225 e. The first-order chi connectivity index (χ1) is 7.14. The van der Waals surface area contributed by atoms with Crippen molar-refractivity contribution in [2.24, 2.45) is 0 Å². The average Bonchev–Trinajstić information content (AvgIpc) is 2.27. The molecule has 1 aromatic carbocycles. The SMILES string of the molecule is CC[C@@]([C]=O)(NC(C)C)c1ccccc1. The van der Waals surface area contributed by atoms with Crippen LogP contribution in [-0.2, 0) is 10.3 Å². The second-order valence-electron chi connectivity index (χ2n) is 4.03. The van der Waals surface area contributed by atoms with Crippen molar-refractivity contribution >= 4 is 6.29 Å². The predicted molar refractivity (Wildman–Crippen MR) is 62.4 cm³/mol. The maximum atomic E-state index is 11.2. The van der Waals surface area contributed by atoms with Crippen molar-refractivity contribution in [3.05, 3.63) is 35.9 Å². The van der Waals surface area contributed by atoms with Crippen LogP contribution in [0.3, 0.4) is 0 Å². The Morgan fingerprint density at radius 2 is 1.93 bits per heavy atom. The van der Waals surface area contributed by atoms with Gasteiger partial charge in [-0.2, -0.15) is 0 Å². The monoisotopic (exact) mass is 204 g/mol. The van der Waals surface area contributed by atoms with Crippen molar-refractivity contribution in [2.75, 3.05) is 0 Å². The third-order valence-corrected chi connectivity index (χ3v) is 2.51. The summed E-state index contributed by atoms with van der Waals surface area (Å²) >= 11 is 0. The number of carbonyl (C=O) groups excluding carboxylic acids is 1. The highest BCUT2D eigenvalue weighted by atomic mass is 16.1. The van der Waals surface area contributed by atoms with Crippen molar-refractivity contribution < 1.29 is 4.79 Å². The van der Waals surface area contributed by atoms with Gasteiger partial charge < -0.3 is 0 Å². The Kier molecular flexibility index (Phi) is 4.04. The highest BCUT2D eigenvalue weighted by Gasteiger charge is 2.31. The summed E-state index contributed by atoms with van der Waals surface area (Å²) in [7, 11) is 0. The second kappa shape index (κ2) is 5.08. The Morgan fingerprint density at radius 1 is 1.33 bits per heavy atom. The highest BCUT2D eigenvalue weighted by molar-refractivity contribution is 5.68. The summed E-state index contributed by atoms with van der Waals surface area (Å²) < 4.78 is 0. The van der Waals surface area contributed by atoms with Crippen molar-refractivity contribution in [3.63, 3.8) is 0 Å². The molecule has 1 aromatic rings. The fraction of sp³-hybridized carbons (Fsp3) is 0.462. The van der Waals surface area contributed by atoms with E-state index in [4.69, 9.17) is 0 Å². The van der Waals surface area contributed by atoms with E-state index in [2.05, 4.69) is 11.6 Å². The number of benzene rings is 1. The van der Waals surface area contributed by atoms with Crippen LogP contribution < -0.4 is 5.32 Å². The molecule has 2 nitrogen and oxygen atoms in total. The fourth-order valence-electron chi connectivity index (χ4n) is 1.77. The van der Waals surface area contributed by atoms with E-state index in [-0.39, 0.29) is 6.04 Å². The molecular formula is C13H18NO. The van der Waals surface area contributed by atoms with Gasteiger partial charge in [-0.1, -0.05) is 37.3 Å². The summed E-state index contributed by atoms with van der Waals surface area (Å²) in [5, 5.41) is 3.29. The Hall–Kier alpha value is -1.15. The molecule has 0 amide bonds. The molecule has 0 aromatic heterocycles. The van der Waals surface area contributed by atoms with Gasteiger partial charge >= 0.3 is 0 Å². The standard InChI is InChI=1S/C13H18NO/c1-4-13(10-15,14-11(2)3)12-8-6-5-7-9-12/h5-9,11,14H,4H2,1-3H3/t13-/m0/s1. The Balaban J connectivity index is 3.05. The van der Waals surface area contributed by atoms with E-state index in [1.165, 1.54) is 0 Å². The Labute approximate surface area is 91.7 Å². The molecule has 0 heterocycles. The zero-order valence-corrected chi connectivity index (χ0v) is 9.58. The zero-order valence-electron chi connectivity index (χ0n) is 9.58. The lowest BCUT2D eigenvalue weighted by atomic mass is 9.88. The van der Waals surface area contributed by atoms with Gasteiger partial charge in [0, 0.05) is 6.04 Å². The van der Waals surface area contributed by atoms with E-state index < -0.39 is 5.54 Å². The fourth-order valence-corrected chi connectivity index (χ4v) is 1.77. The average molecular weight is 204 g/mol. The molecule has 0 aliphatic heterocycles. The van der Waals surface area contributed by atoms with E-state index in [1.807, 2.05) is 51.1 Å². The smallest absolute Gasteiger partial charge is 0.225 e. The summed E-state index contributed by atoms with van der Waals surface area (Å²) in [4.78, 5) is 11.2. The van der Waals surface area contributed by atoms with Gasteiger partial charge in [0.25, 0.3) is 0 Å². The molecule has 0 spiro atoms. The maximum absolute atomic E-state index is 11.2. The second-order valence-corrected chi connectivity index (χ2v) is 4.03. The number of hydrogen-bond acceptors (Lipinski definition) is 2. The van der Waals surface area contributed by atoms with Gasteiger partial charge in [0.1, 0.15) is 5.54 Å². The first kappa shape index (κ1) is 11.9. The molecule has 0 fully saturated rings. The summed E-state index contributed by atoms with van der Waals surface area (Å²) in [5.41, 5.74) is 0.325. The molecule has 0 bridgehead atoms. The minimum absolute atomic E-state index is 0.256. The molecule has 0 saturated heterocycles. The summed E-state index contributed by atoms with van der Waals surface area (Å²) in [6, 6.07) is 10.0. The van der Waals surface area contributed by atoms with Crippen molar-refractivity contribution in [1.82, 2.24) is 5.32 Å². The zero-order chi connectivity index (χ0) is 11.3. The molecule has 1 radical (unpaired) electrons. The van der Waals surface area contributed by atoms with Crippen LogP contribution >= 0.6 is 0 Å². The van der Waals surface area contributed by atoms with E-state index in [1.54, 1.807) is 0 Å². The van der Waals surface area contributed by atoms with E-state index >= 15 is 0 Å². The Morgan fingerprint density at radius 3 is 2.33 bits per heavy atom. The minimum Gasteiger partial charge on any atom is -0.299 e. The first-order valence-corrected chi connectivity index (χ1v) is 5.37. The largest absolute Gasteiger partial charge is 0.299 e.